The molecule has 0 bridgehead atoms. The minimum absolute atomic E-state index is 0.274. The molecule has 0 heterocycles. The van der Waals surface area contributed by atoms with Gasteiger partial charge in [-0.3, -0.25) is 0 Å². The van der Waals surface area contributed by atoms with Crippen LogP contribution in [0.4, 0.5) is 0 Å². The van der Waals surface area contributed by atoms with Crippen LogP contribution in [0.2, 0.25) is 0 Å². The summed E-state index contributed by atoms with van der Waals surface area (Å²) in [5, 5.41) is 9.64. The second-order valence-electron chi connectivity index (χ2n) is 1.17. The van der Waals surface area contributed by atoms with E-state index < -0.39 is 0 Å². The third-order valence-corrected chi connectivity index (χ3v) is 1.04. The van der Waals surface area contributed by atoms with E-state index in [1.165, 1.54) is 11.3 Å². The number of aliphatic hydroxyl groups excluding tert-OH is 1. The molecule has 0 radical (unpaired) electrons. The number of hydrogen-bond donors (Lipinski definition) is 2. The molecule has 0 atom stereocenters. The monoisotopic (exact) mass is 230 g/mol. The first kappa shape index (κ1) is 7.83. The number of hydroxylamine groups is 2. The van der Waals surface area contributed by atoms with Gasteiger partial charge in [0.15, 0.2) is 0 Å². The van der Waals surface area contributed by atoms with Gasteiger partial charge in [-0.25, -0.2) is 8.23 Å². The van der Waals surface area contributed by atoms with Crippen LogP contribution in [0, 0.1) is 0 Å². The molecule has 0 aliphatic carbocycles. The van der Waals surface area contributed by atoms with E-state index in [-0.39, 0.29) is 5.88 Å². The first-order valence-electron chi connectivity index (χ1n) is 1.84. The van der Waals surface area contributed by atoms with E-state index in [1.807, 2.05) is 0 Å². The van der Waals surface area contributed by atoms with Gasteiger partial charge in [0.2, 0.25) is 5.88 Å². The standard InChI is InChI=1S/C3H7IN2O2/c1-6(8-4)2-3(5)7/h2,7H,5H2,1H3/b3-2-. The molecule has 0 fully saturated rings. The molecule has 48 valence electrons. The van der Waals surface area contributed by atoms with Crippen molar-refractivity contribution in [2.24, 2.45) is 5.73 Å². The Morgan fingerprint density at radius 3 is 2.62 bits per heavy atom. The number of nitrogens with zero attached hydrogens (tertiary/aromatic N) is 1. The Bertz CT molecular complexity index is 91.3. The fourth-order valence-corrected chi connectivity index (χ4v) is 0.320. The predicted molar refractivity (Wildman–Crippen MR) is 37.8 cm³/mol. The fraction of sp³-hybridized carbons (Fsp3) is 0.333. The average molecular weight is 230 g/mol. The molecule has 0 aromatic heterocycles. The van der Waals surface area contributed by atoms with Gasteiger partial charge in [0.25, 0.3) is 0 Å². The summed E-state index contributed by atoms with van der Waals surface area (Å²) in [5.41, 5.74) is 4.86. The van der Waals surface area contributed by atoms with Gasteiger partial charge in [-0.2, -0.15) is 0 Å². The maximum absolute atomic E-state index is 8.37. The van der Waals surface area contributed by atoms with Gasteiger partial charge >= 0.3 is 0 Å². The topological polar surface area (TPSA) is 58.7 Å². The summed E-state index contributed by atoms with van der Waals surface area (Å²) in [6.45, 7) is 0. The predicted octanol–water partition coefficient (Wildman–Crippen LogP) is 0.515. The molecule has 0 saturated heterocycles. The average Bonchev–Trinajstić information content (AvgIpc) is 1.65. The van der Waals surface area contributed by atoms with Crippen molar-refractivity contribution >= 4 is 23.0 Å². The summed E-state index contributed by atoms with van der Waals surface area (Å²) in [6, 6.07) is 0. The maximum atomic E-state index is 8.37. The van der Waals surface area contributed by atoms with E-state index in [0.717, 1.165) is 0 Å². The SMILES string of the molecule is CN(/C=C(/N)O)OI. The van der Waals surface area contributed by atoms with Crippen LogP contribution in [0.1, 0.15) is 0 Å². The van der Waals surface area contributed by atoms with E-state index in [2.05, 4.69) is 3.17 Å². The van der Waals surface area contributed by atoms with Crippen molar-refractivity contribution in [3.05, 3.63) is 12.1 Å². The Morgan fingerprint density at radius 1 is 2.00 bits per heavy atom. The van der Waals surface area contributed by atoms with Gasteiger partial charge in [0, 0.05) is 7.05 Å². The molecule has 0 rings (SSSR count). The smallest absolute Gasteiger partial charge is 0.200 e. The number of halogens is 1. The van der Waals surface area contributed by atoms with E-state index in [1.54, 1.807) is 30.1 Å². The van der Waals surface area contributed by atoms with Crippen LogP contribution in [-0.2, 0) is 3.17 Å². The zero-order valence-electron chi connectivity index (χ0n) is 4.34. The van der Waals surface area contributed by atoms with E-state index in [9.17, 15) is 0 Å². The number of hydrogen-bond acceptors (Lipinski definition) is 4. The van der Waals surface area contributed by atoms with Crippen molar-refractivity contribution in [2.75, 3.05) is 7.05 Å². The summed E-state index contributed by atoms with van der Waals surface area (Å²) >= 11 is 1.66. The molecule has 0 aliphatic heterocycles. The Hall–Kier alpha value is -0.170. The Morgan fingerprint density at radius 2 is 2.50 bits per heavy atom. The zero-order chi connectivity index (χ0) is 6.57. The van der Waals surface area contributed by atoms with Gasteiger partial charge in [0.1, 0.15) is 23.0 Å². The second-order valence-corrected chi connectivity index (χ2v) is 1.56. The summed E-state index contributed by atoms with van der Waals surface area (Å²) in [4.78, 5) is 0. The van der Waals surface area contributed by atoms with Crippen molar-refractivity contribution < 1.29 is 8.27 Å². The van der Waals surface area contributed by atoms with Crippen LogP contribution < -0.4 is 5.73 Å². The Kier molecular flexibility index (Phi) is 3.71. The molecule has 0 spiro atoms. The fourth-order valence-electron chi connectivity index (χ4n) is 0.206. The Labute approximate surface area is 61.6 Å². The second kappa shape index (κ2) is 3.79. The molecule has 0 amide bonds. The first-order valence-corrected chi connectivity index (χ1v) is 2.72. The molecule has 3 N–H and O–H groups in total. The van der Waals surface area contributed by atoms with Crippen molar-refractivity contribution in [1.82, 2.24) is 5.06 Å². The highest BCUT2D eigenvalue weighted by molar-refractivity contribution is 14.1. The number of aliphatic hydroxyl groups is 1. The lowest BCUT2D eigenvalue weighted by Crippen LogP contribution is -2.08. The number of nitrogens with two attached hydrogens (primary N) is 1. The summed E-state index contributed by atoms with van der Waals surface area (Å²) in [7, 11) is 1.61. The van der Waals surface area contributed by atoms with Gasteiger partial charge in [-0.1, -0.05) is 0 Å². The largest absolute Gasteiger partial charge is 0.494 e. The summed E-state index contributed by atoms with van der Waals surface area (Å²) < 4.78 is 4.55. The quantitative estimate of drug-likeness (QED) is 0.412. The van der Waals surface area contributed by atoms with Crippen LogP contribution in [0.3, 0.4) is 0 Å². The molecule has 5 heteroatoms. The van der Waals surface area contributed by atoms with Crippen molar-refractivity contribution in [3.8, 4) is 0 Å². The normalized spacial score (nSPS) is 11.5. The minimum atomic E-state index is -0.274. The highest BCUT2D eigenvalue weighted by Gasteiger charge is 1.86. The highest BCUT2D eigenvalue weighted by Crippen LogP contribution is 1.93. The van der Waals surface area contributed by atoms with Gasteiger partial charge in [-0.15, -0.1) is 0 Å². The molecule has 0 aromatic rings. The van der Waals surface area contributed by atoms with Crippen molar-refractivity contribution in [2.45, 2.75) is 0 Å². The lowest BCUT2D eigenvalue weighted by atomic mass is 10.8. The number of rotatable bonds is 2. The van der Waals surface area contributed by atoms with E-state index in [0.29, 0.717) is 0 Å². The third kappa shape index (κ3) is 4.00. The lowest BCUT2D eigenvalue weighted by molar-refractivity contribution is 0.0782. The lowest BCUT2D eigenvalue weighted by Gasteiger charge is -2.05. The molecule has 0 unspecified atom stereocenters. The molecule has 0 aliphatic rings. The van der Waals surface area contributed by atoms with Crippen LogP contribution in [0.15, 0.2) is 12.1 Å². The molecular formula is C3H7IN2O2. The van der Waals surface area contributed by atoms with E-state index >= 15 is 0 Å². The van der Waals surface area contributed by atoms with Gasteiger partial charge < -0.3 is 10.8 Å². The summed E-state index contributed by atoms with van der Waals surface area (Å²) in [5.74, 6) is -0.274. The molecule has 0 aromatic carbocycles. The van der Waals surface area contributed by atoms with E-state index in [4.69, 9.17) is 10.8 Å². The van der Waals surface area contributed by atoms with Crippen LogP contribution in [-0.4, -0.2) is 17.2 Å². The molecule has 0 saturated carbocycles. The molecule has 8 heavy (non-hydrogen) atoms. The van der Waals surface area contributed by atoms with Crippen LogP contribution in [0.25, 0.3) is 0 Å². The van der Waals surface area contributed by atoms with Gasteiger partial charge in [0.05, 0.1) is 6.20 Å². The molecule has 4 nitrogen and oxygen atoms in total. The van der Waals surface area contributed by atoms with Crippen molar-refractivity contribution in [3.63, 3.8) is 0 Å². The first-order chi connectivity index (χ1) is 3.66. The minimum Gasteiger partial charge on any atom is -0.494 e. The maximum Gasteiger partial charge on any atom is 0.200 e. The Balaban J connectivity index is 3.51. The van der Waals surface area contributed by atoms with Crippen LogP contribution in [0.5, 0.6) is 0 Å². The highest BCUT2D eigenvalue weighted by atomic mass is 127. The van der Waals surface area contributed by atoms with Crippen molar-refractivity contribution in [1.29, 1.82) is 0 Å². The summed E-state index contributed by atoms with van der Waals surface area (Å²) in [6.07, 6.45) is 1.24. The molecular weight excluding hydrogens is 223 g/mol. The van der Waals surface area contributed by atoms with Crippen LogP contribution >= 0.6 is 23.0 Å². The van der Waals surface area contributed by atoms with Gasteiger partial charge in [-0.05, 0) is 0 Å². The zero-order valence-corrected chi connectivity index (χ0v) is 6.49. The third-order valence-electron chi connectivity index (χ3n) is 0.423.